The van der Waals surface area contributed by atoms with E-state index < -0.39 is 0 Å². The van der Waals surface area contributed by atoms with E-state index in [4.69, 9.17) is 0 Å². The van der Waals surface area contributed by atoms with Crippen molar-refractivity contribution in [1.29, 1.82) is 0 Å². The van der Waals surface area contributed by atoms with Crippen molar-refractivity contribution in [1.82, 2.24) is 5.32 Å². The van der Waals surface area contributed by atoms with Crippen LogP contribution in [0.5, 0.6) is 0 Å². The third-order valence-electron chi connectivity index (χ3n) is 3.36. The molecular weight excluding hydrogens is 222 g/mol. The van der Waals surface area contributed by atoms with Crippen LogP contribution in [0.25, 0.3) is 0 Å². The van der Waals surface area contributed by atoms with Crippen LogP contribution in [0.4, 0.5) is 0 Å². The van der Waals surface area contributed by atoms with Gasteiger partial charge in [-0.3, -0.25) is 0 Å². The maximum absolute atomic E-state index is 9.60. The van der Waals surface area contributed by atoms with Crippen molar-refractivity contribution in [2.75, 3.05) is 0 Å². The van der Waals surface area contributed by atoms with Crippen molar-refractivity contribution < 1.29 is 5.11 Å². The van der Waals surface area contributed by atoms with Crippen LogP contribution < -0.4 is 5.32 Å². The summed E-state index contributed by atoms with van der Waals surface area (Å²) >= 11 is 0. The standard InChI is InChI=1S/C16H27NO/c1-3-4-5-6-7-8-9-10-11-15-12-13-16(18)14(2)17-15/h6-11,14-18H,3-5,12-13H2,1-2H3/b7-6+,9-8+,11-10+/t14-,15+,16+/m0/s1. The van der Waals surface area contributed by atoms with E-state index in [1.54, 1.807) is 0 Å². The molecule has 1 rings (SSSR count). The number of rotatable bonds is 6. The average Bonchev–Trinajstić information content (AvgIpc) is 2.37. The molecule has 0 aliphatic carbocycles. The first-order valence-electron chi connectivity index (χ1n) is 7.18. The SMILES string of the molecule is CCCC/C=C/C=C/C=C/[C@@H]1CC[C@@H](O)[C@H](C)N1. The van der Waals surface area contributed by atoms with Crippen molar-refractivity contribution in [2.24, 2.45) is 0 Å². The number of aliphatic hydroxyl groups is 1. The molecule has 1 aliphatic heterocycles. The predicted molar refractivity (Wildman–Crippen MR) is 78.6 cm³/mol. The fraction of sp³-hybridized carbons (Fsp3) is 0.625. The third-order valence-corrected chi connectivity index (χ3v) is 3.36. The summed E-state index contributed by atoms with van der Waals surface area (Å²) < 4.78 is 0. The summed E-state index contributed by atoms with van der Waals surface area (Å²) in [6.07, 6.45) is 18.2. The lowest BCUT2D eigenvalue weighted by Crippen LogP contribution is -2.47. The summed E-state index contributed by atoms with van der Waals surface area (Å²) in [5.41, 5.74) is 0. The Morgan fingerprint density at radius 2 is 1.94 bits per heavy atom. The maximum Gasteiger partial charge on any atom is 0.0691 e. The van der Waals surface area contributed by atoms with Crippen molar-refractivity contribution in [3.05, 3.63) is 36.5 Å². The maximum atomic E-state index is 9.60. The van der Waals surface area contributed by atoms with E-state index >= 15 is 0 Å². The Kier molecular flexibility index (Phi) is 7.70. The first-order valence-corrected chi connectivity index (χ1v) is 7.18. The molecule has 0 spiro atoms. The van der Waals surface area contributed by atoms with Gasteiger partial charge in [-0.1, -0.05) is 56.2 Å². The molecule has 0 aromatic heterocycles. The molecule has 1 aliphatic rings. The summed E-state index contributed by atoms with van der Waals surface area (Å²) in [6.45, 7) is 4.25. The third kappa shape index (κ3) is 6.18. The number of aliphatic hydroxyl groups excluding tert-OH is 1. The van der Waals surface area contributed by atoms with Gasteiger partial charge in [-0.25, -0.2) is 0 Å². The second-order valence-electron chi connectivity index (χ2n) is 5.05. The van der Waals surface area contributed by atoms with Crippen molar-refractivity contribution in [3.63, 3.8) is 0 Å². The van der Waals surface area contributed by atoms with Crippen LogP contribution in [-0.4, -0.2) is 23.3 Å². The lowest BCUT2D eigenvalue weighted by atomic mass is 9.96. The lowest BCUT2D eigenvalue weighted by molar-refractivity contribution is 0.0943. The van der Waals surface area contributed by atoms with E-state index in [1.807, 2.05) is 6.92 Å². The minimum atomic E-state index is -0.188. The largest absolute Gasteiger partial charge is 0.392 e. The highest BCUT2D eigenvalue weighted by atomic mass is 16.3. The molecule has 2 nitrogen and oxygen atoms in total. The number of nitrogens with one attached hydrogen (secondary N) is 1. The zero-order valence-corrected chi connectivity index (χ0v) is 11.7. The topological polar surface area (TPSA) is 32.3 Å². The quantitative estimate of drug-likeness (QED) is 0.559. The van der Waals surface area contributed by atoms with Crippen LogP contribution in [0.15, 0.2) is 36.5 Å². The first-order chi connectivity index (χ1) is 8.74. The molecule has 18 heavy (non-hydrogen) atoms. The summed E-state index contributed by atoms with van der Waals surface area (Å²) in [7, 11) is 0. The van der Waals surface area contributed by atoms with Gasteiger partial charge in [-0.05, 0) is 26.2 Å². The smallest absolute Gasteiger partial charge is 0.0691 e. The van der Waals surface area contributed by atoms with Gasteiger partial charge in [-0.2, -0.15) is 0 Å². The zero-order valence-electron chi connectivity index (χ0n) is 11.7. The Labute approximate surface area is 111 Å². The van der Waals surface area contributed by atoms with Gasteiger partial charge in [-0.15, -0.1) is 0 Å². The van der Waals surface area contributed by atoms with Gasteiger partial charge in [0.05, 0.1) is 6.10 Å². The van der Waals surface area contributed by atoms with E-state index in [9.17, 15) is 5.11 Å². The van der Waals surface area contributed by atoms with Gasteiger partial charge >= 0.3 is 0 Å². The van der Waals surface area contributed by atoms with Gasteiger partial charge in [0.15, 0.2) is 0 Å². The van der Waals surface area contributed by atoms with Crippen LogP contribution in [0.3, 0.4) is 0 Å². The number of unbranched alkanes of at least 4 members (excludes halogenated alkanes) is 2. The summed E-state index contributed by atoms with van der Waals surface area (Å²) in [6, 6.07) is 0.600. The van der Waals surface area contributed by atoms with Crippen LogP contribution in [-0.2, 0) is 0 Å². The zero-order chi connectivity index (χ0) is 13.2. The molecule has 2 N–H and O–H groups in total. The highest BCUT2D eigenvalue weighted by molar-refractivity contribution is 5.13. The molecule has 2 heteroatoms. The van der Waals surface area contributed by atoms with E-state index in [-0.39, 0.29) is 12.1 Å². The fourth-order valence-corrected chi connectivity index (χ4v) is 2.11. The van der Waals surface area contributed by atoms with Gasteiger partial charge in [0.1, 0.15) is 0 Å². The van der Waals surface area contributed by atoms with Crippen molar-refractivity contribution >= 4 is 0 Å². The monoisotopic (exact) mass is 249 g/mol. The Balaban J connectivity index is 2.20. The van der Waals surface area contributed by atoms with Gasteiger partial charge in [0.2, 0.25) is 0 Å². The summed E-state index contributed by atoms with van der Waals surface area (Å²) in [4.78, 5) is 0. The number of hydrogen-bond acceptors (Lipinski definition) is 2. The molecule has 0 bridgehead atoms. The molecule has 1 heterocycles. The number of piperidine rings is 1. The normalized spacial score (nSPS) is 29.8. The molecule has 0 aromatic carbocycles. The molecule has 0 radical (unpaired) electrons. The Morgan fingerprint density at radius 1 is 1.17 bits per heavy atom. The van der Waals surface area contributed by atoms with E-state index in [0.29, 0.717) is 6.04 Å². The van der Waals surface area contributed by atoms with E-state index in [0.717, 1.165) is 12.8 Å². The van der Waals surface area contributed by atoms with E-state index in [1.165, 1.54) is 19.3 Å². The second-order valence-corrected chi connectivity index (χ2v) is 5.05. The second kappa shape index (κ2) is 9.12. The lowest BCUT2D eigenvalue weighted by Gasteiger charge is -2.31. The highest BCUT2D eigenvalue weighted by Crippen LogP contribution is 2.13. The molecule has 0 saturated carbocycles. The van der Waals surface area contributed by atoms with Crippen LogP contribution in [0.2, 0.25) is 0 Å². The molecule has 1 fully saturated rings. The number of hydrogen-bond donors (Lipinski definition) is 2. The molecule has 102 valence electrons. The molecule has 0 amide bonds. The van der Waals surface area contributed by atoms with Crippen molar-refractivity contribution in [2.45, 2.75) is 64.1 Å². The minimum absolute atomic E-state index is 0.188. The Morgan fingerprint density at radius 3 is 2.67 bits per heavy atom. The number of allylic oxidation sites excluding steroid dienone is 5. The molecule has 1 saturated heterocycles. The first kappa shape index (κ1) is 15.2. The Hall–Kier alpha value is -0.860. The Bertz CT molecular complexity index is 293. The van der Waals surface area contributed by atoms with Crippen molar-refractivity contribution in [3.8, 4) is 0 Å². The minimum Gasteiger partial charge on any atom is -0.392 e. The molecule has 0 aromatic rings. The highest BCUT2D eigenvalue weighted by Gasteiger charge is 2.22. The predicted octanol–water partition coefficient (Wildman–Crippen LogP) is 3.35. The van der Waals surface area contributed by atoms with Gasteiger partial charge in [0, 0.05) is 12.1 Å². The molecule has 3 atom stereocenters. The van der Waals surface area contributed by atoms with Gasteiger partial charge < -0.3 is 10.4 Å². The fourth-order valence-electron chi connectivity index (χ4n) is 2.11. The summed E-state index contributed by atoms with van der Waals surface area (Å²) in [5.74, 6) is 0. The average molecular weight is 249 g/mol. The van der Waals surface area contributed by atoms with Crippen LogP contribution in [0, 0.1) is 0 Å². The molecular formula is C16H27NO. The van der Waals surface area contributed by atoms with Crippen LogP contribution in [0.1, 0.15) is 46.0 Å². The van der Waals surface area contributed by atoms with Crippen LogP contribution >= 0.6 is 0 Å². The summed E-state index contributed by atoms with van der Waals surface area (Å²) in [5, 5.41) is 13.0. The molecule has 0 unspecified atom stereocenters. The van der Waals surface area contributed by atoms with Gasteiger partial charge in [0.25, 0.3) is 0 Å². The van der Waals surface area contributed by atoms with E-state index in [2.05, 4.69) is 48.7 Å².